The van der Waals surface area contributed by atoms with E-state index in [0.29, 0.717) is 5.56 Å². The van der Waals surface area contributed by atoms with E-state index in [0.717, 1.165) is 25.6 Å². The van der Waals surface area contributed by atoms with Gasteiger partial charge in [-0.25, -0.2) is 4.39 Å². The van der Waals surface area contributed by atoms with E-state index >= 15 is 0 Å². The molecule has 2 aromatic rings. The Morgan fingerprint density at radius 1 is 1.00 bits per heavy atom. The Morgan fingerprint density at radius 2 is 1.68 bits per heavy atom. The normalized spacial score (nSPS) is 12.5. The van der Waals surface area contributed by atoms with Crippen molar-refractivity contribution in [1.82, 2.24) is 0 Å². The average molecular weight is 387 g/mol. The van der Waals surface area contributed by atoms with Crippen molar-refractivity contribution in [3.8, 4) is 0 Å². The van der Waals surface area contributed by atoms with E-state index in [1.165, 1.54) is 6.07 Å². The molecular formula is C15H14Br2FN. The van der Waals surface area contributed by atoms with Crippen LogP contribution >= 0.6 is 31.9 Å². The van der Waals surface area contributed by atoms with E-state index in [1.807, 2.05) is 26.0 Å². The second kappa shape index (κ2) is 5.73. The van der Waals surface area contributed by atoms with Crippen molar-refractivity contribution in [1.29, 1.82) is 0 Å². The third-order valence-corrected chi connectivity index (χ3v) is 4.52. The standard InChI is InChI=1S/C15H14Br2FN/c1-8-6-13(17)9(2)5-11(8)15(19)12-7-10(16)3-4-14(12)18/h3-7,15H,19H2,1-2H3. The number of benzene rings is 2. The van der Waals surface area contributed by atoms with E-state index in [4.69, 9.17) is 5.73 Å². The molecule has 0 aliphatic rings. The van der Waals surface area contributed by atoms with Gasteiger partial charge in [0.25, 0.3) is 0 Å². The Morgan fingerprint density at radius 3 is 2.37 bits per heavy atom. The highest BCUT2D eigenvalue weighted by Gasteiger charge is 2.17. The van der Waals surface area contributed by atoms with Crippen molar-refractivity contribution in [2.24, 2.45) is 5.73 Å². The molecule has 1 nitrogen and oxygen atoms in total. The number of halogens is 3. The first-order valence-corrected chi connectivity index (χ1v) is 7.46. The zero-order valence-corrected chi connectivity index (χ0v) is 13.8. The second-order valence-electron chi connectivity index (χ2n) is 4.60. The van der Waals surface area contributed by atoms with Crippen molar-refractivity contribution < 1.29 is 4.39 Å². The predicted molar refractivity (Wildman–Crippen MR) is 83.7 cm³/mol. The highest BCUT2D eigenvalue weighted by Crippen LogP contribution is 2.30. The van der Waals surface area contributed by atoms with E-state index in [1.54, 1.807) is 12.1 Å². The van der Waals surface area contributed by atoms with Crippen LogP contribution < -0.4 is 5.73 Å². The lowest BCUT2D eigenvalue weighted by atomic mass is 9.94. The van der Waals surface area contributed by atoms with Gasteiger partial charge in [-0.15, -0.1) is 0 Å². The highest BCUT2D eigenvalue weighted by atomic mass is 79.9. The van der Waals surface area contributed by atoms with Crippen LogP contribution in [0.25, 0.3) is 0 Å². The maximum Gasteiger partial charge on any atom is 0.128 e. The van der Waals surface area contributed by atoms with Gasteiger partial charge in [-0.3, -0.25) is 0 Å². The smallest absolute Gasteiger partial charge is 0.128 e. The van der Waals surface area contributed by atoms with Gasteiger partial charge in [0.15, 0.2) is 0 Å². The average Bonchev–Trinajstić information content (AvgIpc) is 2.36. The molecule has 0 heterocycles. The molecule has 0 fully saturated rings. The zero-order chi connectivity index (χ0) is 14.2. The first-order valence-electron chi connectivity index (χ1n) is 5.87. The van der Waals surface area contributed by atoms with Gasteiger partial charge in [0.1, 0.15) is 5.82 Å². The Balaban J connectivity index is 2.52. The van der Waals surface area contributed by atoms with Crippen LogP contribution in [0.15, 0.2) is 39.3 Å². The van der Waals surface area contributed by atoms with Crippen LogP contribution in [0.5, 0.6) is 0 Å². The second-order valence-corrected chi connectivity index (χ2v) is 6.37. The third-order valence-electron chi connectivity index (χ3n) is 3.18. The lowest BCUT2D eigenvalue weighted by Gasteiger charge is -2.18. The van der Waals surface area contributed by atoms with Crippen molar-refractivity contribution in [3.05, 3.63) is 67.3 Å². The number of aryl methyl sites for hydroxylation is 2. The summed E-state index contributed by atoms with van der Waals surface area (Å²) >= 11 is 6.84. The number of hydrogen-bond acceptors (Lipinski definition) is 1. The van der Waals surface area contributed by atoms with Crippen LogP contribution in [0, 0.1) is 19.7 Å². The Kier molecular flexibility index (Phi) is 4.43. The molecule has 100 valence electrons. The lowest BCUT2D eigenvalue weighted by molar-refractivity contribution is 0.598. The van der Waals surface area contributed by atoms with Gasteiger partial charge in [0, 0.05) is 14.5 Å². The largest absolute Gasteiger partial charge is 0.320 e. The van der Waals surface area contributed by atoms with Gasteiger partial charge in [0.2, 0.25) is 0 Å². The molecule has 1 atom stereocenters. The number of hydrogen-bond donors (Lipinski definition) is 1. The maximum atomic E-state index is 13.9. The van der Waals surface area contributed by atoms with Gasteiger partial charge in [-0.2, -0.15) is 0 Å². The minimum atomic E-state index is -0.468. The summed E-state index contributed by atoms with van der Waals surface area (Å²) in [5.74, 6) is -0.282. The Hall–Kier alpha value is -0.710. The Labute approximate surface area is 129 Å². The van der Waals surface area contributed by atoms with Crippen LogP contribution in [0.4, 0.5) is 4.39 Å². The summed E-state index contributed by atoms with van der Waals surface area (Å²) in [6.07, 6.45) is 0. The van der Waals surface area contributed by atoms with Crippen molar-refractivity contribution in [2.75, 3.05) is 0 Å². The molecule has 0 aliphatic heterocycles. The third kappa shape index (κ3) is 3.07. The molecule has 0 saturated heterocycles. The summed E-state index contributed by atoms with van der Waals surface area (Å²) in [5.41, 5.74) is 9.81. The van der Waals surface area contributed by atoms with E-state index in [9.17, 15) is 4.39 Å². The van der Waals surface area contributed by atoms with Crippen LogP contribution in [0.2, 0.25) is 0 Å². The molecule has 0 radical (unpaired) electrons. The van der Waals surface area contributed by atoms with Crippen molar-refractivity contribution in [3.63, 3.8) is 0 Å². The van der Waals surface area contributed by atoms with Crippen LogP contribution in [0.3, 0.4) is 0 Å². The zero-order valence-electron chi connectivity index (χ0n) is 10.7. The summed E-state index contributed by atoms with van der Waals surface area (Å²) in [7, 11) is 0. The predicted octanol–water partition coefficient (Wildman–Crippen LogP) is 5.02. The fraction of sp³-hybridized carbons (Fsp3) is 0.200. The SMILES string of the molecule is Cc1cc(C(N)c2cc(Br)ccc2F)c(C)cc1Br. The van der Waals surface area contributed by atoms with Crippen molar-refractivity contribution >= 4 is 31.9 Å². The molecule has 2 N–H and O–H groups in total. The molecule has 0 aromatic heterocycles. The van der Waals surface area contributed by atoms with E-state index in [2.05, 4.69) is 31.9 Å². The monoisotopic (exact) mass is 385 g/mol. The van der Waals surface area contributed by atoms with Gasteiger partial charge < -0.3 is 5.73 Å². The number of nitrogens with two attached hydrogens (primary N) is 1. The summed E-state index contributed by atoms with van der Waals surface area (Å²) in [6.45, 7) is 3.98. The van der Waals surface area contributed by atoms with Gasteiger partial charge >= 0.3 is 0 Å². The summed E-state index contributed by atoms with van der Waals surface area (Å²) < 4.78 is 15.8. The number of rotatable bonds is 2. The Bertz CT molecular complexity index is 626. The molecule has 0 amide bonds. The van der Waals surface area contributed by atoms with Crippen molar-refractivity contribution in [2.45, 2.75) is 19.9 Å². The molecule has 0 saturated carbocycles. The molecular weight excluding hydrogens is 373 g/mol. The molecule has 0 aliphatic carbocycles. The molecule has 0 bridgehead atoms. The van der Waals surface area contributed by atoms with Gasteiger partial charge in [0.05, 0.1) is 6.04 Å². The first kappa shape index (κ1) is 14.7. The summed E-state index contributed by atoms with van der Waals surface area (Å²) in [5, 5.41) is 0. The molecule has 4 heteroatoms. The highest BCUT2D eigenvalue weighted by molar-refractivity contribution is 9.10. The van der Waals surface area contributed by atoms with Gasteiger partial charge in [-0.05, 0) is 54.8 Å². The summed E-state index contributed by atoms with van der Waals surface area (Å²) in [6, 6.07) is 8.39. The first-order chi connectivity index (χ1) is 8.90. The van der Waals surface area contributed by atoms with Crippen LogP contribution in [0.1, 0.15) is 28.3 Å². The lowest BCUT2D eigenvalue weighted by Crippen LogP contribution is -2.15. The van der Waals surface area contributed by atoms with Crippen LogP contribution in [-0.4, -0.2) is 0 Å². The quantitative estimate of drug-likeness (QED) is 0.770. The minimum absolute atomic E-state index is 0.282. The molecule has 19 heavy (non-hydrogen) atoms. The topological polar surface area (TPSA) is 26.0 Å². The molecule has 1 unspecified atom stereocenters. The van der Waals surface area contributed by atoms with E-state index < -0.39 is 6.04 Å². The van der Waals surface area contributed by atoms with Crippen LogP contribution in [-0.2, 0) is 0 Å². The summed E-state index contributed by atoms with van der Waals surface area (Å²) in [4.78, 5) is 0. The fourth-order valence-electron chi connectivity index (χ4n) is 2.06. The molecule has 2 aromatic carbocycles. The molecule has 0 spiro atoms. The molecule has 2 rings (SSSR count). The minimum Gasteiger partial charge on any atom is -0.320 e. The van der Waals surface area contributed by atoms with E-state index in [-0.39, 0.29) is 5.82 Å². The fourth-order valence-corrected chi connectivity index (χ4v) is 2.90. The maximum absolute atomic E-state index is 13.9. The van der Waals surface area contributed by atoms with Gasteiger partial charge in [-0.1, -0.05) is 37.9 Å².